The van der Waals surface area contributed by atoms with E-state index in [9.17, 15) is 8.78 Å². The van der Waals surface area contributed by atoms with Crippen LogP contribution in [0.25, 0.3) is 0 Å². The van der Waals surface area contributed by atoms with Gasteiger partial charge in [-0.3, -0.25) is 0 Å². The van der Waals surface area contributed by atoms with Crippen molar-refractivity contribution >= 4 is 19.9 Å². The van der Waals surface area contributed by atoms with Crippen molar-refractivity contribution in [2.45, 2.75) is 51.6 Å². The number of nitrogens with one attached hydrogen (secondary N) is 1. The zero-order chi connectivity index (χ0) is 20.7. The lowest BCUT2D eigenvalue weighted by Gasteiger charge is -2.33. The van der Waals surface area contributed by atoms with E-state index in [0.29, 0.717) is 28.7 Å². The van der Waals surface area contributed by atoms with Crippen molar-refractivity contribution < 1.29 is 24.8 Å². The summed E-state index contributed by atoms with van der Waals surface area (Å²) in [5.74, 6) is -1.17. The molecule has 1 atom stereocenters. The van der Waals surface area contributed by atoms with Gasteiger partial charge in [0.05, 0.1) is 16.7 Å². The molecule has 28 heavy (non-hydrogen) atoms. The highest BCUT2D eigenvalue weighted by atomic mass is 35.5. The van der Waals surface area contributed by atoms with Crippen LogP contribution in [-0.2, 0) is 11.0 Å². The summed E-state index contributed by atoms with van der Waals surface area (Å²) in [5.41, 5.74) is 1.35. The highest BCUT2D eigenvalue weighted by Crippen LogP contribution is 2.35. The minimum absolute atomic E-state index is 0.300. The Morgan fingerprint density at radius 2 is 1.68 bits per heavy atom. The molecule has 2 aromatic carbocycles. The highest BCUT2D eigenvalue weighted by molar-refractivity contribution is 6.73. The first-order chi connectivity index (χ1) is 13.3. The van der Waals surface area contributed by atoms with Crippen LogP contribution in [0.2, 0.25) is 28.2 Å². The molecule has 2 rings (SSSR count). The molecule has 0 amide bonds. The van der Waals surface area contributed by atoms with E-state index in [1.165, 1.54) is 12.1 Å². The molecule has 7 heteroatoms. The fourth-order valence-electron chi connectivity index (χ4n) is 3.39. The van der Waals surface area contributed by atoms with Crippen molar-refractivity contribution in [2.24, 2.45) is 0 Å². The molecule has 0 aliphatic carbocycles. The maximum absolute atomic E-state index is 13.4. The molecule has 0 aliphatic rings. The van der Waals surface area contributed by atoms with Gasteiger partial charge in [-0.1, -0.05) is 38.4 Å². The average Bonchev–Trinajstić information content (AvgIpc) is 2.65. The first-order valence-electron chi connectivity index (χ1n) is 9.63. The molecule has 1 unspecified atom stereocenters. The summed E-state index contributed by atoms with van der Waals surface area (Å²) in [6, 6.07) is 12.0. The van der Waals surface area contributed by atoms with Gasteiger partial charge < -0.3 is 9.74 Å². The smallest absolute Gasteiger partial charge is 0.232 e. The quantitative estimate of drug-likeness (QED) is 0.440. The van der Waals surface area contributed by atoms with Gasteiger partial charge >= 0.3 is 0 Å². The van der Waals surface area contributed by atoms with E-state index in [-0.39, 0.29) is 6.10 Å². The Balaban J connectivity index is 2.23. The van der Waals surface area contributed by atoms with E-state index < -0.39 is 20.0 Å². The lowest BCUT2D eigenvalue weighted by atomic mass is 10.1. The van der Waals surface area contributed by atoms with Crippen LogP contribution in [0.5, 0.6) is 0 Å². The fraction of sp³-hybridized carbons (Fsp3) is 0.429. The van der Waals surface area contributed by atoms with Gasteiger partial charge in [-0.2, -0.15) is 0 Å². The third kappa shape index (κ3) is 6.01. The van der Waals surface area contributed by atoms with Crippen molar-refractivity contribution in [1.29, 1.82) is 0 Å². The zero-order valence-electron chi connectivity index (χ0n) is 16.5. The Bertz CT molecular complexity index is 738. The van der Waals surface area contributed by atoms with Gasteiger partial charge in [0, 0.05) is 25.2 Å². The van der Waals surface area contributed by atoms with E-state index in [1.54, 1.807) is 0 Å². The Hall–Kier alpha value is -0.983. The number of hydrogen-bond donors (Lipinski definition) is 1. The predicted octanol–water partition coefficient (Wildman–Crippen LogP) is 6.17. The van der Waals surface area contributed by atoms with Gasteiger partial charge in [-0.15, -0.1) is 0 Å². The van der Waals surface area contributed by atoms with Crippen LogP contribution in [0.1, 0.15) is 38.0 Å². The average molecular weight is 447 g/mol. The summed E-state index contributed by atoms with van der Waals surface area (Å²) in [6.45, 7) is 7.28. The van der Waals surface area contributed by atoms with Gasteiger partial charge in [-0.25, -0.2) is 8.78 Å². The summed E-state index contributed by atoms with van der Waals surface area (Å²) >= 11 is 12.0. The molecule has 0 spiro atoms. The maximum atomic E-state index is 13.4. The monoisotopic (exact) mass is 446 g/mol. The molecule has 154 valence electrons. The van der Waals surface area contributed by atoms with Crippen LogP contribution in [0.4, 0.5) is 8.78 Å². The highest BCUT2D eigenvalue weighted by Gasteiger charge is 2.34. The van der Waals surface area contributed by atoms with Crippen LogP contribution < -0.4 is 5.32 Å². The van der Waals surface area contributed by atoms with E-state index in [1.807, 2.05) is 18.2 Å². The van der Waals surface area contributed by atoms with Crippen LogP contribution in [-0.4, -0.2) is 14.9 Å². The summed E-state index contributed by atoms with van der Waals surface area (Å²) in [6.07, 6.45) is -0.300. The third-order valence-corrected chi connectivity index (χ3v) is 10.6. The fourth-order valence-corrected chi connectivity index (χ4v) is 6.87. The predicted molar refractivity (Wildman–Crippen MR) is 111 cm³/mol. The van der Waals surface area contributed by atoms with Crippen molar-refractivity contribution in [3.63, 3.8) is 0 Å². The second kappa shape index (κ2) is 10.7. The van der Waals surface area contributed by atoms with Crippen LogP contribution in [0, 0.1) is 23.2 Å². The molecule has 0 aliphatic heterocycles. The van der Waals surface area contributed by atoms with Gasteiger partial charge in [0.25, 0.3) is 0 Å². The summed E-state index contributed by atoms with van der Waals surface area (Å²) in [5, 5.41) is 4.52. The summed E-state index contributed by atoms with van der Waals surface area (Å²) < 4.78 is 33.5. The van der Waals surface area contributed by atoms with Gasteiger partial charge in [0.15, 0.2) is 19.9 Å². The standard InChI is InChI=1S/C21H28Cl2F2NOSi/c1-4-28(5-2,6-3)27-20(21-18(22)8-7-9-19(21)23)14-26-13-15-10-16(24)12-17(25)11-15/h7-12,20,22,26H,4-6,13-14H2,1-3H3/q+1. The Morgan fingerprint density at radius 1 is 1.07 bits per heavy atom. The summed E-state index contributed by atoms with van der Waals surface area (Å²) in [4.78, 5) is 0. The second-order valence-electron chi connectivity index (χ2n) is 6.91. The second-order valence-corrected chi connectivity index (χ2v) is 12.5. The lowest BCUT2D eigenvalue weighted by molar-refractivity contribution is -0.291. The van der Waals surface area contributed by atoms with Gasteiger partial charge in [0.1, 0.15) is 11.6 Å². The number of rotatable bonds is 10. The van der Waals surface area contributed by atoms with Crippen molar-refractivity contribution in [3.8, 4) is 0 Å². The molecule has 0 saturated carbocycles. The first kappa shape index (κ1) is 23.3. The first-order valence-corrected chi connectivity index (χ1v) is 12.9. The minimum Gasteiger partial charge on any atom is -0.408 e. The molecule has 0 saturated heterocycles. The molecular formula is C21H28Cl2F2NOSi+. The molecule has 2 aromatic rings. The Kier molecular flexibility index (Phi) is 8.90. The van der Waals surface area contributed by atoms with Crippen molar-refractivity contribution in [3.05, 3.63) is 69.2 Å². The molecule has 0 fully saturated rings. The Morgan fingerprint density at radius 3 is 2.21 bits per heavy atom. The molecule has 0 radical (unpaired) electrons. The third-order valence-electron chi connectivity index (χ3n) is 5.24. The van der Waals surface area contributed by atoms with Crippen molar-refractivity contribution in [2.75, 3.05) is 6.54 Å². The topological polar surface area (TPSA) is 21.3 Å². The molecule has 1 N–H and O–H groups in total. The van der Waals surface area contributed by atoms with Gasteiger partial charge in [0.2, 0.25) is 5.02 Å². The largest absolute Gasteiger partial charge is 0.408 e. The van der Waals surface area contributed by atoms with Crippen LogP contribution >= 0.6 is 11.6 Å². The number of hydrogen-bond acceptors (Lipinski definition) is 2. The molecule has 0 bridgehead atoms. The van der Waals surface area contributed by atoms with E-state index in [4.69, 9.17) is 27.6 Å². The zero-order valence-corrected chi connectivity index (χ0v) is 19.1. The normalized spacial score (nSPS) is 13.0. The molecule has 0 aromatic heterocycles. The maximum Gasteiger partial charge on any atom is 0.232 e. The minimum atomic E-state index is -1.92. The van der Waals surface area contributed by atoms with Crippen molar-refractivity contribution in [1.82, 2.24) is 5.32 Å². The molecule has 2 nitrogen and oxygen atoms in total. The Labute approximate surface area is 177 Å². The van der Waals surface area contributed by atoms with E-state index in [2.05, 4.69) is 26.1 Å². The number of benzene rings is 2. The van der Waals surface area contributed by atoms with E-state index in [0.717, 1.165) is 29.8 Å². The van der Waals surface area contributed by atoms with Crippen LogP contribution in [0.15, 0.2) is 36.4 Å². The summed E-state index contributed by atoms with van der Waals surface area (Å²) in [7, 11) is -1.92. The van der Waals surface area contributed by atoms with E-state index >= 15 is 0 Å². The van der Waals surface area contributed by atoms with Crippen LogP contribution in [0.3, 0.4) is 0 Å². The SMILES string of the molecule is CC[Si](CC)(CC)OC(CNCc1cc(F)cc(F)c1)c1c(Cl)cccc1[ClH+]. The molecular weight excluding hydrogens is 419 g/mol. The lowest BCUT2D eigenvalue weighted by Crippen LogP contribution is -2.40. The van der Waals surface area contributed by atoms with Gasteiger partial charge in [-0.05, 0) is 41.9 Å². The number of halogens is 4. The molecule has 0 heterocycles.